The van der Waals surface area contributed by atoms with E-state index in [2.05, 4.69) is 23.3 Å². The smallest absolute Gasteiger partial charge is 0.0523 e. The van der Waals surface area contributed by atoms with Crippen LogP contribution in [-0.2, 0) is 10.5 Å². The highest BCUT2D eigenvalue weighted by Crippen LogP contribution is 2.14. The summed E-state index contributed by atoms with van der Waals surface area (Å²) < 4.78 is 5.02. The Morgan fingerprint density at radius 1 is 1.47 bits per heavy atom. The Bertz CT molecular complexity index is 307. The summed E-state index contributed by atoms with van der Waals surface area (Å²) in [5.74, 6) is 2.10. The zero-order chi connectivity index (χ0) is 12.3. The Morgan fingerprint density at radius 2 is 2.35 bits per heavy atom. The molecule has 1 aromatic rings. The van der Waals surface area contributed by atoms with Gasteiger partial charge in [-0.15, -0.1) is 0 Å². The highest BCUT2D eigenvalue weighted by atomic mass is 32.2. The van der Waals surface area contributed by atoms with E-state index in [0.717, 1.165) is 43.2 Å². The summed E-state index contributed by atoms with van der Waals surface area (Å²) in [5.41, 5.74) is 2.32. The molecule has 1 N–H and O–H groups in total. The van der Waals surface area contributed by atoms with Crippen molar-refractivity contribution < 1.29 is 4.74 Å². The quantitative estimate of drug-likeness (QED) is 0.686. The van der Waals surface area contributed by atoms with Crippen LogP contribution in [-0.4, -0.2) is 31.0 Å². The van der Waals surface area contributed by atoms with Crippen molar-refractivity contribution in [3.05, 3.63) is 24.0 Å². The molecule has 3 nitrogen and oxygen atoms in total. The number of methoxy groups -OCH3 is 1. The van der Waals surface area contributed by atoms with Crippen LogP contribution in [0, 0.1) is 0 Å². The van der Waals surface area contributed by atoms with Crippen LogP contribution in [0.25, 0.3) is 0 Å². The molecule has 0 saturated heterocycles. The second-order valence-electron chi connectivity index (χ2n) is 3.86. The normalized spacial score (nSPS) is 10.5. The largest absolute Gasteiger partial charge is 0.385 e. The molecule has 0 saturated carbocycles. The lowest BCUT2D eigenvalue weighted by Gasteiger charge is -2.06. The van der Waals surface area contributed by atoms with Gasteiger partial charge in [0.25, 0.3) is 0 Å². The zero-order valence-electron chi connectivity index (χ0n) is 10.7. The van der Waals surface area contributed by atoms with Gasteiger partial charge in [-0.2, -0.15) is 11.8 Å². The fraction of sp³-hybridized carbons (Fsp3) is 0.615. The van der Waals surface area contributed by atoms with Gasteiger partial charge in [0.05, 0.1) is 5.69 Å². The predicted octanol–water partition coefficient (Wildman–Crippen LogP) is 3.17. The zero-order valence-corrected chi connectivity index (χ0v) is 11.6. The lowest BCUT2D eigenvalue weighted by atomic mass is 10.3. The first-order valence-corrected chi connectivity index (χ1v) is 7.27. The van der Waals surface area contributed by atoms with Gasteiger partial charge in [0, 0.05) is 37.9 Å². The number of nitrogens with zero attached hydrogens (tertiary/aromatic N) is 1. The monoisotopic (exact) mass is 254 g/mol. The maximum atomic E-state index is 5.02. The number of nitrogens with one attached hydrogen (secondary N) is 1. The fourth-order valence-corrected chi connectivity index (χ4v) is 2.25. The van der Waals surface area contributed by atoms with Crippen LogP contribution in [0.3, 0.4) is 0 Å². The molecule has 0 spiro atoms. The van der Waals surface area contributed by atoms with Gasteiger partial charge in [0.2, 0.25) is 0 Å². The summed E-state index contributed by atoms with van der Waals surface area (Å²) in [6, 6.07) is 4.16. The van der Waals surface area contributed by atoms with Crippen LogP contribution >= 0.6 is 11.8 Å². The molecule has 0 unspecified atom stereocenters. The Hall–Kier alpha value is -0.740. The standard InChI is InChI=1S/C13H22N2OS/c1-3-6-14-12-5-7-15-13(10-12)11-17-9-4-8-16-2/h5,7,10H,3-4,6,8-9,11H2,1-2H3,(H,14,15). The highest BCUT2D eigenvalue weighted by Gasteiger charge is 1.97. The highest BCUT2D eigenvalue weighted by molar-refractivity contribution is 7.98. The molecule has 0 aliphatic rings. The Labute approximate surface area is 108 Å². The number of thioether (sulfide) groups is 1. The molecule has 0 aliphatic heterocycles. The SMILES string of the molecule is CCCNc1ccnc(CSCCCOC)c1. The molecule has 0 amide bonds. The predicted molar refractivity (Wildman–Crippen MR) is 75.7 cm³/mol. The summed E-state index contributed by atoms with van der Waals surface area (Å²) in [5, 5.41) is 3.38. The first-order valence-electron chi connectivity index (χ1n) is 6.12. The topological polar surface area (TPSA) is 34.2 Å². The van der Waals surface area contributed by atoms with Crippen LogP contribution < -0.4 is 5.32 Å². The van der Waals surface area contributed by atoms with E-state index in [9.17, 15) is 0 Å². The molecule has 96 valence electrons. The lowest BCUT2D eigenvalue weighted by Crippen LogP contribution is -2.00. The molecule has 4 heteroatoms. The van der Waals surface area contributed by atoms with E-state index in [0.29, 0.717) is 0 Å². The van der Waals surface area contributed by atoms with Gasteiger partial charge in [-0.1, -0.05) is 6.92 Å². The fourth-order valence-electron chi connectivity index (χ4n) is 1.42. The van der Waals surface area contributed by atoms with Crippen molar-refractivity contribution in [1.82, 2.24) is 4.98 Å². The summed E-state index contributed by atoms with van der Waals surface area (Å²) in [6.07, 6.45) is 4.13. The van der Waals surface area contributed by atoms with Crippen molar-refractivity contribution in [1.29, 1.82) is 0 Å². The van der Waals surface area contributed by atoms with Gasteiger partial charge in [0.15, 0.2) is 0 Å². The lowest BCUT2D eigenvalue weighted by molar-refractivity contribution is 0.200. The molecule has 0 fully saturated rings. The number of anilines is 1. The second-order valence-corrected chi connectivity index (χ2v) is 4.97. The summed E-state index contributed by atoms with van der Waals surface area (Å²) in [4.78, 5) is 4.37. The van der Waals surface area contributed by atoms with E-state index < -0.39 is 0 Å². The minimum Gasteiger partial charge on any atom is -0.385 e. The van der Waals surface area contributed by atoms with Crippen molar-refractivity contribution in [3.63, 3.8) is 0 Å². The molecule has 17 heavy (non-hydrogen) atoms. The number of aromatic nitrogens is 1. The Morgan fingerprint density at radius 3 is 3.12 bits per heavy atom. The number of rotatable bonds is 9. The Kier molecular flexibility index (Phi) is 7.84. The molecule has 1 rings (SSSR count). The minimum absolute atomic E-state index is 0.846. The van der Waals surface area contributed by atoms with Crippen LogP contribution in [0.15, 0.2) is 18.3 Å². The number of pyridine rings is 1. The molecule has 0 bridgehead atoms. The number of hydrogen-bond acceptors (Lipinski definition) is 4. The van der Waals surface area contributed by atoms with E-state index in [4.69, 9.17) is 4.74 Å². The van der Waals surface area contributed by atoms with Crippen molar-refractivity contribution in [2.24, 2.45) is 0 Å². The van der Waals surface area contributed by atoms with Crippen LogP contribution in [0.4, 0.5) is 5.69 Å². The summed E-state index contributed by atoms with van der Waals surface area (Å²) in [6.45, 7) is 4.03. The first-order chi connectivity index (χ1) is 8.36. The maximum absolute atomic E-state index is 5.02. The van der Waals surface area contributed by atoms with Crippen molar-refractivity contribution in [2.45, 2.75) is 25.5 Å². The van der Waals surface area contributed by atoms with Gasteiger partial charge in [0.1, 0.15) is 0 Å². The van der Waals surface area contributed by atoms with E-state index in [1.807, 2.05) is 24.0 Å². The average molecular weight is 254 g/mol. The molecule has 0 atom stereocenters. The van der Waals surface area contributed by atoms with Gasteiger partial charge in [-0.05, 0) is 30.7 Å². The molecule has 0 aromatic carbocycles. The molecular weight excluding hydrogens is 232 g/mol. The maximum Gasteiger partial charge on any atom is 0.0523 e. The summed E-state index contributed by atoms with van der Waals surface area (Å²) >= 11 is 1.91. The number of ether oxygens (including phenoxy) is 1. The van der Waals surface area contributed by atoms with Gasteiger partial charge < -0.3 is 10.1 Å². The summed E-state index contributed by atoms with van der Waals surface area (Å²) in [7, 11) is 1.75. The van der Waals surface area contributed by atoms with Crippen LogP contribution in [0.1, 0.15) is 25.5 Å². The van der Waals surface area contributed by atoms with Crippen molar-refractivity contribution in [3.8, 4) is 0 Å². The van der Waals surface area contributed by atoms with E-state index in [-0.39, 0.29) is 0 Å². The van der Waals surface area contributed by atoms with E-state index in [1.165, 1.54) is 5.69 Å². The second kappa shape index (κ2) is 9.31. The number of hydrogen-bond donors (Lipinski definition) is 1. The third kappa shape index (κ3) is 6.54. The molecule has 1 aromatic heterocycles. The van der Waals surface area contributed by atoms with Crippen LogP contribution in [0.5, 0.6) is 0 Å². The molecule has 1 heterocycles. The molecule has 0 aliphatic carbocycles. The molecule has 0 radical (unpaired) electrons. The third-order valence-corrected chi connectivity index (χ3v) is 3.36. The average Bonchev–Trinajstić information content (AvgIpc) is 2.37. The van der Waals surface area contributed by atoms with Crippen LogP contribution in [0.2, 0.25) is 0 Å². The van der Waals surface area contributed by atoms with Crippen molar-refractivity contribution in [2.75, 3.05) is 31.3 Å². The van der Waals surface area contributed by atoms with E-state index in [1.54, 1.807) is 7.11 Å². The van der Waals surface area contributed by atoms with Gasteiger partial charge in [-0.3, -0.25) is 4.98 Å². The molecular formula is C13H22N2OS. The van der Waals surface area contributed by atoms with Crippen molar-refractivity contribution >= 4 is 17.4 Å². The van der Waals surface area contributed by atoms with Gasteiger partial charge in [-0.25, -0.2) is 0 Å². The Balaban J connectivity index is 2.27. The van der Waals surface area contributed by atoms with E-state index >= 15 is 0 Å². The third-order valence-electron chi connectivity index (χ3n) is 2.28. The minimum atomic E-state index is 0.846. The first kappa shape index (κ1) is 14.3. The van der Waals surface area contributed by atoms with Gasteiger partial charge >= 0.3 is 0 Å².